The molecule has 1 saturated heterocycles. The van der Waals surface area contributed by atoms with Crippen molar-refractivity contribution in [1.82, 2.24) is 20.7 Å². The van der Waals surface area contributed by atoms with Crippen molar-refractivity contribution in [3.05, 3.63) is 58.7 Å². The number of hydrogen-bond acceptors (Lipinski definition) is 7. The minimum atomic E-state index is -0.466. The van der Waals surface area contributed by atoms with E-state index in [0.29, 0.717) is 16.8 Å². The molecule has 0 aliphatic carbocycles. The molecule has 1 aromatic heterocycles. The zero-order valence-corrected chi connectivity index (χ0v) is 18.8. The Hall–Kier alpha value is -3.24. The molecule has 3 rings (SSSR count). The lowest BCUT2D eigenvalue weighted by atomic mass is 10.1. The number of piperidine rings is 1. The number of rotatable bonds is 6. The van der Waals surface area contributed by atoms with Crippen molar-refractivity contribution in [3.8, 4) is 5.75 Å². The maximum atomic E-state index is 13.4. The van der Waals surface area contributed by atoms with Crippen LogP contribution in [0.5, 0.6) is 5.75 Å². The highest BCUT2D eigenvalue weighted by molar-refractivity contribution is 6.00. The molecule has 1 aliphatic heterocycles. The van der Waals surface area contributed by atoms with E-state index in [1.165, 1.54) is 64.7 Å². The van der Waals surface area contributed by atoms with Crippen molar-refractivity contribution >= 4 is 11.7 Å². The Morgan fingerprint density at radius 1 is 1.28 bits per heavy atom. The first-order chi connectivity index (χ1) is 15.3. The normalized spacial score (nSPS) is 13.6. The zero-order valence-electron chi connectivity index (χ0n) is 18.8. The summed E-state index contributed by atoms with van der Waals surface area (Å²) in [5, 5.41) is 11.0. The molecule has 1 fully saturated rings. The van der Waals surface area contributed by atoms with E-state index in [2.05, 4.69) is 20.7 Å². The number of hydrazine groups is 1. The number of halogens is 1. The molecule has 0 bridgehead atoms. The second kappa shape index (κ2) is 12.6. The van der Waals surface area contributed by atoms with Crippen LogP contribution in [0.15, 0.2) is 35.4 Å². The number of carbonyl (C=O) groups excluding carboxylic acids is 1. The Morgan fingerprint density at radius 3 is 2.56 bits per heavy atom. The molecule has 2 aromatic rings. The van der Waals surface area contributed by atoms with Crippen molar-refractivity contribution < 1.29 is 13.9 Å². The van der Waals surface area contributed by atoms with Crippen molar-refractivity contribution in [3.63, 3.8) is 0 Å². The fourth-order valence-corrected chi connectivity index (χ4v) is 3.05. The van der Waals surface area contributed by atoms with E-state index >= 15 is 0 Å². The smallest absolute Gasteiger partial charge is 0.270 e. The largest absolute Gasteiger partial charge is 0.494 e. The number of aromatic nitrogens is 1. The first kappa shape index (κ1) is 25.0. The molecule has 6 N–H and O–H groups in total. The van der Waals surface area contributed by atoms with Gasteiger partial charge < -0.3 is 21.1 Å². The predicted molar refractivity (Wildman–Crippen MR) is 122 cm³/mol. The summed E-state index contributed by atoms with van der Waals surface area (Å²) in [5.74, 6) is 4.86. The van der Waals surface area contributed by atoms with Gasteiger partial charge in [0.2, 0.25) is 0 Å². The monoisotopic (exact) mass is 445 g/mol. The van der Waals surface area contributed by atoms with Gasteiger partial charge in [0.05, 0.1) is 7.11 Å². The van der Waals surface area contributed by atoms with Gasteiger partial charge in [-0.1, -0.05) is 12.5 Å². The standard InChI is InChI=1S/C17H21FN6O2.C5H11N/c1-10-6-12(16(19)23-24(2)20)8-14(22-10)17(25)21-9-11-4-5-13(18)15(7-11)26-3;1-2-4-6-5-3-1/h4-8H,9,20H2,1-3H3,(H2,19,23)(H,21,25);6H,1-5H2. The second-order valence-corrected chi connectivity index (χ2v) is 7.40. The van der Waals surface area contributed by atoms with Gasteiger partial charge in [-0.05, 0) is 62.7 Å². The van der Waals surface area contributed by atoms with Gasteiger partial charge in [-0.2, -0.15) is 0 Å². The van der Waals surface area contributed by atoms with Crippen LogP contribution in [-0.4, -0.2) is 49.1 Å². The lowest BCUT2D eigenvalue weighted by Crippen LogP contribution is -2.27. The Bertz CT molecular complexity index is 919. The third-order valence-electron chi connectivity index (χ3n) is 4.62. The number of nitrogens with one attached hydrogen (secondary N) is 2. The summed E-state index contributed by atoms with van der Waals surface area (Å²) in [5.41, 5.74) is 7.88. The third-order valence-corrected chi connectivity index (χ3v) is 4.62. The van der Waals surface area contributed by atoms with Gasteiger partial charge in [0.25, 0.3) is 5.91 Å². The molecule has 9 nitrogen and oxygen atoms in total. The minimum Gasteiger partial charge on any atom is -0.494 e. The Morgan fingerprint density at radius 2 is 2.00 bits per heavy atom. The van der Waals surface area contributed by atoms with Gasteiger partial charge >= 0.3 is 0 Å². The molecular weight excluding hydrogens is 413 g/mol. The van der Waals surface area contributed by atoms with E-state index in [9.17, 15) is 9.18 Å². The van der Waals surface area contributed by atoms with Crippen LogP contribution in [-0.2, 0) is 6.54 Å². The van der Waals surface area contributed by atoms with Crippen LogP contribution in [0.3, 0.4) is 0 Å². The van der Waals surface area contributed by atoms with Gasteiger partial charge in [0, 0.05) is 24.8 Å². The van der Waals surface area contributed by atoms with Gasteiger partial charge in [-0.25, -0.2) is 20.3 Å². The summed E-state index contributed by atoms with van der Waals surface area (Å²) in [6.45, 7) is 4.43. The molecule has 0 spiro atoms. The van der Waals surface area contributed by atoms with Crippen molar-refractivity contribution in [1.29, 1.82) is 0 Å². The number of hydrogen-bond donors (Lipinski definition) is 4. The Labute approximate surface area is 188 Å². The predicted octanol–water partition coefficient (Wildman–Crippen LogP) is 1.65. The number of nitrogens with zero attached hydrogens (tertiary/aromatic N) is 3. The van der Waals surface area contributed by atoms with Crippen LogP contribution in [0.4, 0.5) is 4.39 Å². The maximum Gasteiger partial charge on any atom is 0.270 e. The Balaban J connectivity index is 0.000000520. The molecule has 0 atom stereocenters. The summed E-state index contributed by atoms with van der Waals surface area (Å²) in [7, 11) is 2.91. The highest BCUT2D eigenvalue weighted by Crippen LogP contribution is 2.18. The van der Waals surface area contributed by atoms with E-state index in [-0.39, 0.29) is 23.8 Å². The number of hydrazone groups is 1. The Kier molecular flexibility index (Phi) is 9.83. The quantitative estimate of drug-likeness (QED) is 0.230. The van der Waals surface area contributed by atoms with Gasteiger partial charge in [0.15, 0.2) is 17.4 Å². The number of amidine groups is 1. The molecule has 0 saturated carbocycles. The fourth-order valence-electron chi connectivity index (χ4n) is 3.05. The van der Waals surface area contributed by atoms with Crippen molar-refractivity contribution in [2.24, 2.45) is 16.7 Å². The average molecular weight is 446 g/mol. The van der Waals surface area contributed by atoms with Gasteiger partial charge in [0.1, 0.15) is 5.69 Å². The van der Waals surface area contributed by atoms with Gasteiger partial charge in [-0.3, -0.25) is 4.79 Å². The number of ether oxygens (including phenoxy) is 1. The average Bonchev–Trinajstić information content (AvgIpc) is 2.79. The van der Waals surface area contributed by atoms with E-state index in [4.69, 9.17) is 16.3 Å². The first-order valence-corrected chi connectivity index (χ1v) is 10.4. The number of benzene rings is 1. The summed E-state index contributed by atoms with van der Waals surface area (Å²) < 4.78 is 18.4. The molecule has 2 heterocycles. The number of carbonyl (C=O) groups is 1. The molecule has 1 aromatic carbocycles. The zero-order chi connectivity index (χ0) is 23.5. The van der Waals surface area contributed by atoms with Crippen LogP contribution in [0.2, 0.25) is 0 Å². The second-order valence-electron chi connectivity index (χ2n) is 7.40. The molecular formula is C22H32FN7O2. The molecule has 10 heteroatoms. The number of methoxy groups -OCH3 is 1. The summed E-state index contributed by atoms with van der Waals surface area (Å²) in [6.07, 6.45) is 4.22. The van der Waals surface area contributed by atoms with Crippen LogP contribution in [0, 0.1) is 12.7 Å². The topological polar surface area (TPSA) is 131 Å². The molecule has 1 aliphatic rings. The third kappa shape index (κ3) is 8.12. The molecule has 0 radical (unpaired) electrons. The van der Waals surface area contributed by atoms with E-state index in [1.54, 1.807) is 19.1 Å². The molecule has 32 heavy (non-hydrogen) atoms. The highest BCUT2D eigenvalue weighted by Gasteiger charge is 2.12. The summed E-state index contributed by atoms with van der Waals surface area (Å²) in [4.78, 5) is 16.6. The summed E-state index contributed by atoms with van der Waals surface area (Å²) >= 11 is 0. The number of nitrogens with two attached hydrogens (primary N) is 2. The molecule has 1 amide bonds. The van der Waals surface area contributed by atoms with Crippen LogP contribution < -0.4 is 26.9 Å². The highest BCUT2D eigenvalue weighted by atomic mass is 19.1. The van der Waals surface area contributed by atoms with Crippen molar-refractivity contribution in [2.75, 3.05) is 27.2 Å². The number of amides is 1. The van der Waals surface area contributed by atoms with Crippen LogP contribution >= 0.6 is 0 Å². The maximum absolute atomic E-state index is 13.4. The lowest BCUT2D eigenvalue weighted by molar-refractivity contribution is 0.0945. The van der Waals surface area contributed by atoms with Crippen molar-refractivity contribution in [2.45, 2.75) is 32.7 Å². The first-order valence-electron chi connectivity index (χ1n) is 10.4. The van der Waals surface area contributed by atoms with E-state index < -0.39 is 11.7 Å². The van der Waals surface area contributed by atoms with Gasteiger partial charge in [-0.15, -0.1) is 5.10 Å². The number of aryl methyl sites for hydroxylation is 1. The summed E-state index contributed by atoms with van der Waals surface area (Å²) in [6, 6.07) is 7.59. The van der Waals surface area contributed by atoms with E-state index in [0.717, 1.165) is 5.12 Å². The fraction of sp³-hybridized carbons (Fsp3) is 0.409. The number of pyridine rings is 1. The molecule has 174 valence electrons. The minimum absolute atomic E-state index is 0.114. The molecule has 0 unspecified atom stereocenters. The SMILES string of the molecule is C1CCNCC1.COc1cc(CNC(=O)c2cc(/C(N)=N/N(C)N)cc(C)n2)ccc1F. The lowest BCUT2D eigenvalue weighted by Gasteiger charge is -2.10. The van der Waals surface area contributed by atoms with E-state index in [1.807, 2.05) is 0 Å². The van der Waals surface area contributed by atoms with Crippen LogP contribution in [0.1, 0.15) is 46.6 Å². The van der Waals surface area contributed by atoms with Crippen LogP contribution in [0.25, 0.3) is 0 Å².